The number of carbonyl (C=O) groups excluding carboxylic acids is 1. The number of amides is 1. The van der Waals surface area contributed by atoms with Crippen molar-refractivity contribution in [2.75, 3.05) is 13.1 Å². The van der Waals surface area contributed by atoms with Crippen molar-refractivity contribution in [2.45, 2.75) is 38.0 Å². The molecule has 1 amide bonds. The van der Waals surface area contributed by atoms with E-state index in [0.717, 1.165) is 38.8 Å². The summed E-state index contributed by atoms with van der Waals surface area (Å²) in [5.74, 6) is 0.920. The molecule has 0 saturated carbocycles. The van der Waals surface area contributed by atoms with Crippen LogP contribution in [0.5, 0.6) is 0 Å². The highest BCUT2D eigenvalue weighted by Gasteiger charge is 2.32. The van der Waals surface area contributed by atoms with Crippen LogP contribution < -0.4 is 0 Å². The molecule has 108 valence electrons. The monoisotopic (exact) mass is 291 g/mol. The lowest BCUT2D eigenvalue weighted by atomic mass is 9.82. The fourth-order valence-corrected chi connectivity index (χ4v) is 3.66. The molecule has 1 aromatic carbocycles. The normalized spacial score (nSPS) is 29.9. The van der Waals surface area contributed by atoms with Crippen LogP contribution in [0.3, 0.4) is 0 Å². The Morgan fingerprint density at radius 1 is 1.25 bits per heavy atom. The first-order valence-electron chi connectivity index (χ1n) is 7.65. The minimum atomic E-state index is 0.170. The third-order valence-electron chi connectivity index (χ3n) is 4.81. The van der Waals surface area contributed by atoms with E-state index in [0.29, 0.717) is 11.8 Å². The van der Waals surface area contributed by atoms with Gasteiger partial charge in [-0.05, 0) is 42.7 Å². The lowest BCUT2D eigenvalue weighted by Gasteiger charge is -2.37. The number of carbonyl (C=O) groups is 1. The van der Waals surface area contributed by atoms with Gasteiger partial charge < -0.3 is 4.90 Å². The number of benzene rings is 1. The summed E-state index contributed by atoms with van der Waals surface area (Å²) in [6.07, 6.45) is 3.86. The topological polar surface area (TPSA) is 20.3 Å². The predicted octanol–water partition coefficient (Wildman–Crippen LogP) is 3.27. The second kappa shape index (κ2) is 5.77. The largest absolute Gasteiger partial charge is 0.342 e. The number of piperidine rings is 1. The molecule has 0 spiro atoms. The van der Waals surface area contributed by atoms with Crippen LogP contribution in [0.2, 0.25) is 0 Å². The number of alkyl halides is 1. The average molecular weight is 292 g/mol. The highest BCUT2D eigenvalue weighted by molar-refractivity contribution is 6.20. The maximum atomic E-state index is 12.7. The van der Waals surface area contributed by atoms with Crippen LogP contribution in [-0.2, 0) is 17.6 Å². The molecule has 20 heavy (non-hydrogen) atoms. The summed E-state index contributed by atoms with van der Waals surface area (Å²) in [6.45, 7) is 3.80. The van der Waals surface area contributed by atoms with Crippen molar-refractivity contribution in [3.05, 3.63) is 35.4 Å². The molecule has 2 nitrogen and oxygen atoms in total. The Morgan fingerprint density at radius 3 is 2.75 bits per heavy atom. The Labute approximate surface area is 126 Å². The van der Waals surface area contributed by atoms with Crippen molar-refractivity contribution in [3.63, 3.8) is 0 Å². The number of hydrogen-bond donors (Lipinski definition) is 0. The number of aryl methyl sites for hydroxylation is 1. The van der Waals surface area contributed by atoms with Gasteiger partial charge in [0.1, 0.15) is 0 Å². The van der Waals surface area contributed by atoms with Gasteiger partial charge in [0.25, 0.3) is 0 Å². The Balaban J connectivity index is 1.67. The molecule has 3 atom stereocenters. The SMILES string of the molecule is CC1CN(C(=O)C2CCc3ccccc3C2)CCC1Cl. The van der Waals surface area contributed by atoms with Gasteiger partial charge in [-0.25, -0.2) is 0 Å². The highest BCUT2D eigenvalue weighted by atomic mass is 35.5. The third-order valence-corrected chi connectivity index (χ3v) is 5.46. The second-order valence-electron chi connectivity index (χ2n) is 6.27. The minimum absolute atomic E-state index is 0.170. The number of rotatable bonds is 1. The first-order valence-corrected chi connectivity index (χ1v) is 8.08. The number of fused-ring (bicyclic) bond motifs is 1. The zero-order valence-electron chi connectivity index (χ0n) is 12.0. The first kappa shape index (κ1) is 13.9. The van der Waals surface area contributed by atoms with Crippen molar-refractivity contribution in [2.24, 2.45) is 11.8 Å². The van der Waals surface area contributed by atoms with Crippen molar-refractivity contribution in [3.8, 4) is 0 Å². The van der Waals surface area contributed by atoms with E-state index in [1.165, 1.54) is 11.1 Å². The summed E-state index contributed by atoms with van der Waals surface area (Å²) in [5, 5.41) is 0.228. The van der Waals surface area contributed by atoms with Gasteiger partial charge in [0.05, 0.1) is 0 Å². The summed E-state index contributed by atoms with van der Waals surface area (Å²) in [7, 11) is 0. The van der Waals surface area contributed by atoms with Crippen LogP contribution >= 0.6 is 11.6 Å². The lowest BCUT2D eigenvalue weighted by Crippen LogP contribution is -2.46. The Hall–Kier alpha value is -1.02. The number of nitrogens with zero attached hydrogens (tertiary/aromatic N) is 1. The van der Waals surface area contributed by atoms with E-state index < -0.39 is 0 Å². The number of hydrogen-bond acceptors (Lipinski definition) is 1. The molecule has 3 unspecified atom stereocenters. The van der Waals surface area contributed by atoms with E-state index in [4.69, 9.17) is 11.6 Å². The predicted molar refractivity (Wildman–Crippen MR) is 82.0 cm³/mol. The summed E-state index contributed by atoms with van der Waals surface area (Å²) in [6, 6.07) is 8.53. The van der Waals surface area contributed by atoms with Crippen LogP contribution in [0, 0.1) is 11.8 Å². The summed E-state index contributed by atoms with van der Waals surface area (Å²) >= 11 is 6.25. The van der Waals surface area contributed by atoms with E-state index in [1.54, 1.807) is 0 Å². The number of halogens is 1. The van der Waals surface area contributed by atoms with Crippen LogP contribution in [0.4, 0.5) is 0 Å². The van der Waals surface area contributed by atoms with Gasteiger partial charge in [-0.15, -0.1) is 11.6 Å². The zero-order valence-corrected chi connectivity index (χ0v) is 12.8. The van der Waals surface area contributed by atoms with Gasteiger partial charge in [0.2, 0.25) is 5.91 Å². The average Bonchev–Trinajstić information content (AvgIpc) is 2.49. The first-order chi connectivity index (χ1) is 9.65. The Morgan fingerprint density at radius 2 is 2.00 bits per heavy atom. The molecule has 1 saturated heterocycles. The molecular weight excluding hydrogens is 270 g/mol. The molecule has 0 radical (unpaired) electrons. The van der Waals surface area contributed by atoms with Crippen molar-refractivity contribution in [1.82, 2.24) is 4.90 Å². The minimum Gasteiger partial charge on any atom is -0.342 e. The fraction of sp³-hybridized carbons (Fsp3) is 0.588. The van der Waals surface area contributed by atoms with Crippen LogP contribution in [-0.4, -0.2) is 29.3 Å². The van der Waals surface area contributed by atoms with Crippen LogP contribution in [0.1, 0.15) is 30.9 Å². The smallest absolute Gasteiger partial charge is 0.226 e. The van der Waals surface area contributed by atoms with Gasteiger partial charge in [-0.2, -0.15) is 0 Å². The van der Waals surface area contributed by atoms with Gasteiger partial charge in [0.15, 0.2) is 0 Å². The lowest BCUT2D eigenvalue weighted by molar-refractivity contribution is -0.137. The summed E-state index contributed by atoms with van der Waals surface area (Å²) < 4.78 is 0. The summed E-state index contributed by atoms with van der Waals surface area (Å²) in [5.41, 5.74) is 2.78. The molecule has 3 rings (SSSR count). The molecule has 2 aliphatic rings. The maximum absolute atomic E-state index is 12.7. The van der Waals surface area contributed by atoms with Gasteiger partial charge in [-0.3, -0.25) is 4.79 Å². The third kappa shape index (κ3) is 2.71. The maximum Gasteiger partial charge on any atom is 0.226 e. The quantitative estimate of drug-likeness (QED) is 0.727. The van der Waals surface area contributed by atoms with E-state index in [2.05, 4.69) is 31.2 Å². The van der Waals surface area contributed by atoms with E-state index in [9.17, 15) is 4.79 Å². The van der Waals surface area contributed by atoms with E-state index in [1.807, 2.05) is 4.90 Å². The molecule has 3 heteroatoms. The molecule has 1 aromatic rings. The van der Waals surface area contributed by atoms with Crippen molar-refractivity contribution < 1.29 is 4.79 Å². The fourth-order valence-electron chi connectivity index (χ4n) is 3.48. The molecule has 1 aliphatic heterocycles. The van der Waals surface area contributed by atoms with Crippen molar-refractivity contribution >= 4 is 17.5 Å². The Kier molecular flexibility index (Phi) is 4.02. The molecule has 0 bridgehead atoms. The highest BCUT2D eigenvalue weighted by Crippen LogP contribution is 2.29. The molecule has 1 heterocycles. The van der Waals surface area contributed by atoms with Crippen LogP contribution in [0.25, 0.3) is 0 Å². The summed E-state index contributed by atoms with van der Waals surface area (Å²) in [4.78, 5) is 14.7. The van der Waals surface area contributed by atoms with Crippen LogP contribution in [0.15, 0.2) is 24.3 Å². The van der Waals surface area contributed by atoms with Gasteiger partial charge in [-0.1, -0.05) is 31.2 Å². The molecule has 0 aromatic heterocycles. The molecule has 0 N–H and O–H groups in total. The molecule has 1 fully saturated rings. The standard InChI is InChI=1S/C17H22ClNO/c1-12-11-19(9-8-16(12)18)17(20)15-7-6-13-4-2-3-5-14(13)10-15/h2-5,12,15-16H,6-11H2,1H3. The van der Waals surface area contributed by atoms with Gasteiger partial charge >= 0.3 is 0 Å². The van der Waals surface area contributed by atoms with E-state index in [-0.39, 0.29) is 11.3 Å². The second-order valence-corrected chi connectivity index (χ2v) is 6.84. The van der Waals surface area contributed by atoms with E-state index >= 15 is 0 Å². The van der Waals surface area contributed by atoms with Crippen molar-refractivity contribution in [1.29, 1.82) is 0 Å². The number of likely N-dealkylation sites (tertiary alicyclic amines) is 1. The molecule has 1 aliphatic carbocycles. The Bertz CT molecular complexity index is 502. The zero-order chi connectivity index (χ0) is 14.1. The molecular formula is C17H22ClNO. The van der Waals surface area contributed by atoms with Gasteiger partial charge in [0, 0.05) is 24.4 Å².